The molecule has 1 unspecified atom stereocenters. The van der Waals surface area contributed by atoms with Gasteiger partial charge in [-0.25, -0.2) is 0 Å². The Labute approximate surface area is 101 Å². The van der Waals surface area contributed by atoms with Crippen LogP contribution in [0.4, 0.5) is 0 Å². The smallest absolute Gasteiger partial charge is 0.0594 e. The Balaban J connectivity index is 1.94. The number of ether oxygens (including phenoxy) is 1. The van der Waals surface area contributed by atoms with Crippen molar-refractivity contribution in [2.24, 2.45) is 0 Å². The van der Waals surface area contributed by atoms with Crippen LogP contribution in [-0.4, -0.2) is 49.5 Å². The van der Waals surface area contributed by atoms with Gasteiger partial charge in [-0.05, 0) is 19.1 Å². The summed E-state index contributed by atoms with van der Waals surface area (Å²) in [6, 6.07) is 4.27. The molecule has 1 fully saturated rings. The maximum atomic E-state index is 9.47. The first-order valence-corrected chi connectivity index (χ1v) is 6.58. The molecular formula is C12H19NO2S. The molecule has 1 aromatic rings. The molecular weight excluding hydrogens is 222 g/mol. The van der Waals surface area contributed by atoms with Crippen molar-refractivity contribution in [1.82, 2.24) is 4.90 Å². The standard InChI is InChI=1S/C12H19NO2S/c1-10-2-3-12(16-10)11(9-14)8-13-4-6-15-7-5-13/h2-3,11,14H,4-9H2,1H3. The fraction of sp³-hybridized carbons (Fsp3) is 0.667. The van der Waals surface area contributed by atoms with Gasteiger partial charge in [0.05, 0.1) is 19.8 Å². The number of aliphatic hydroxyl groups excluding tert-OH is 1. The topological polar surface area (TPSA) is 32.7 Å². The fourth-order valence-electron chi connectivity index (χ4n) is 2.01. The quantitative estimate of drug-likeness (QED) is 0.866. The van der Waals surface area contributed by atoms with Crippen molar-refractivity contribution in [2.75, 3.05) is 39.5 Å². The second-order valence-corrected chi connectivity index (χ2v) is 5.56. The zero-order valence-corrected chi connectivity index (χ0v) is 10.5. The Morgan fingerprint density at radius 2 is 2.19 bits per heavy atom. The largest absolute Gasteiger partial charge is 0.396 e. The van der Waals surface area contributed by atoms with E-state index < -0.39 is 0 Å². The maximum Gasteiger partial charge on any atom is 0.0594 e. The lowest BCUT2D eigenvalue weighted by Gasteiger charge is -2.29. The first-order valence-electron chi connectivity index (χ1n) is 5.77. The zero-order chi connectivity index (χ0) is 11.4. The highest BCUT2D eigenvalue weighted by Crippen LogP contribution is 2.25. The molecule has 0 spiro atoms. The molecule has 0 amide bonds. The summed E-state index contributed by atoms with van der Waals surface area (Å²) in [6.07, 6.45) is 0. The Hall–Kier alpha value is -0.420. The average Bonchev–Trinajstić information content (AvgIpc) is 2.74. The lowest BCUT2D eigenvalue weighted by atomic mass is 10.1. The summed E-state index contributed by atoms with van der Waals surface area (Å²) in [7, 11) is 0. The fourth-order valence-corrected chi connectivity index (χ4v) is 2.97. The molecule has 1 aliphatic heterocycles. The molecule has 1 N–H and O–H groups in total. The number of thiophene rings is 1. The monoisotopic (exact) mass is 241 g/mol. The molecule has 1 aliphatic rings. The minimum atomic E-state index is 0.233. The molecule has 2 heterocycles. The number of aryl methyl sites for hydroxylation is 1. The van der Waals surface area contributed by atoms with Gasteiger partial charge in [0.25, 0.3) is 0 Å². The third-order valence-electron chi connectivity index (χ3n) is 2.97. The van der Waals surface area contributed by atoms with Crippen molar-refractivity contribution in [2.45, 2.75) is 12.8 Å². The van der Waals surface area contributed by atoms with E-state index in [0.29, 0.717) is 0 Å². The molecule has 0 saturated carbocycles. The Morgan fingerprint density at radius 3 is 2.75 bits per heavy atom. The summed E-state index contributed by atoms with van der Waals surface area (Å²) >= 11 is 1.79. The molecule has 2 rings (SSSR count). The Kier molecular flexibility index (Phi) is 4.35. The van der Waals surface area contributed by atoms with Crippen molar-refractivity contribution in [3.8, 4) is 0 Å². The van der Waals surface area contributed by atoms with E-state index in [2.05, 4.69) is 24.0 Å². The van der Waals surface area contributed by atoms with Gasteiger partial charge in [0.15, 0.2) is 0 Å². The SMILES string of the molecule is Cc1ccc(C(CO)CN2CCOCC2)s1. The van der Waals surface area contributed by atoms with Crippen LogP contribution in [0, 0.1) is 6.92 Å². The van der Waals surface area contributed by atoms with Crippen LogP contribution in [-0.2, 0) is 4.74 Å². The van der Waals surface area contributed by atoms with Crippen molar-refractivity contribution >= 4 is 11.3 Å². The van der Waals surface area contributed by atoms with Gasteiger partial charge in [-0.2, -0.15) is 0 Å². The molecule has 1 atom stereocenters. The average molecular weight is 241 g/mol. The third kappa shape index (κ3) is 3.04. The first-order chi connectivity index (χ1) is 7.79. The molecule has 4 heteroatoms. The van der Waals surface area contributed by atoms with Gasteiger partial charge >= 0.3 is 0 Å². The van der Waals surface area contributed by atoms with Gasteiger partial charge in [-0.3, -0.25) is 4.90 Å². The predicted octanol–water partition coefficient (Wildman–Crippen LogP) is 1.46. The van der Waals surface area contributed by atoms with E-state index in [1.54, 1.807) is 11.3 Å². The van der Waals surface area contributed by atoms with Crippen LogP contribution in [0.3, 0.4) is 0 Å². The van der Waals surface area contributed by atoms with Crippen LogP contribution in [0.25, 0.3) is 0 Å². The van der Waals surface area contributed by atoms with E-state index in [-0.39, 0.29) is 12.5 Å². The van der Waals surface area contributed by atoms with Crippen molar-refractivity contribution < 1.29 is 9.84 Å². The molecule has 0 radical (unpaired) electrons. The van der Waals surface area contributed by atoms with Gasteiger partial charge in [0.2, 0.25) is 0 Å². The predicted molar refractivity (Wildman–Crippen MR) is 66.1 cm³/mol. The molecule has 0 aromatic carbocycles. The Morgan fingerprint density at radius 1 is 1.44 bits per heavy atom. The summed E-state index contributed by atoms with van der Waals surface area (Å²) in [4.78, 5) is 4.99. The summed E-state index contributed by atoms with van der Waals surface area (Å²) in [5, 5.41) is 9.47. The normalized spacial score (nSPS) is 19.9. The van der Waals surface area contributed by atoms with Crippen molar-refractivity contribution in [1.29, 1.82) is 0 Å². The second kappa shape index (κ2) is 5.77. The second-order valence-electron chi connectivity index (χ2n) is 4.24. The number of nitrogens with zero attached hydrogens (tertiary/aromatic N) is 1. The molecule has 0 bridgehead atoms. The van der Waals surface area contributed by atoms with Gasteiger partial charge in [-0.15, -0.1) is 11.3 Å². The number of rotatable bonds is 4. The maximum absolute atomic E-state index is 9.47. The van der Waals surface area contributed by atoms with Crippen LogP contribution in [0.1, 0.15) is 15.7 Å². The first kappa shape index (κ1) is 12.0. The van der Waals surface area contributed by atoms with Gasteiger partial charge in [0, 0.05) is 35.3 Å². The van der Waals surface area contributed by atoms with Crippen LogP contribution >= 0.6 is 11.3 Å². The highest BCUT2D eigenvalue weighted by Gasteiger charge is 2.18. The molecule has 90 valence electrons. The lowest BCUT2D eigenvalue weighted by Crippen LogP contribution is -2.39. The Bertz CT molecular complexity index is 321. The summed E-state index contributed by atoms with van der Waals surface area (Å²) in [6.45, 7) is 6.90. The molecule has 0 aliphatic carbocycles. The van der Waals surface area contributed by atoms with E-state index in [9.17, 15) is 5.11 Å². The van der Waals surface area contributed by atoms with E-state index in [1.807, 2.05) is 0 Å². The highest BCUT2D eigenvalue weighted by atomic mass is 32.1. The van der Waals surface area contributed by atoms with E-state index >= 15 is 0 Å². The van der Waals surface area contributed by atoms with Crippen LogP contribution in [0.2, 0.25) is 0 Å². The van der Waals surface area contributed by atoms with Crippen molar-refractivity contribution in [3.63, 3.8) is 0 Å². The number of morpholine rings is 1. The van der Waals surface area contributed by atoms with Crippen molar-refractivity contribution in [3.05, 3.63) is 21.9 Å². The highest BCUT2D eigenvalue weighted by molar-refractivity contribution is 7.12. The van der Waals surface area contributed by atoms with E-state index in [4.69, 9.17) is 4.74 Å². The minimum Gasteiger partial charge on any atom is -0.396 e. The number of aliphatic hydroxyl groups is 1. The molecule has 1 saturated heterocycles. The van der Waals surface area contributed by atoms with Crippen LogP contribution in [0.5, 0.6) is 0 Å². The van der Waals surface area contributed by atoms with E-state index in [1.165, 1.54) is 9.75 Å². The summed E-state index contributed by atoms with van der Waals surface area (Å²) in [5.41, 5.74) is 0. The molecule has 3 nitrogen and oxygen atoms in total. The van der Waals surface area contributed by atoms with Gasteiger partial charge in [-0.1, -0.05) is 0 Å². The van der Waals surface area contributed by atoms with Crippen LogP contribution < -0.4 is 0 Å². The van der Waals surface area contributed by atoms with E-state index in [0.717, 1.165) is 32.8 Å². The minimum absolute atomic E-state index is 0.233. The third-order valence-corrected chi connectivity index (χ3v) is 4.13. The zero-order valence-electron chi connectivity index (χ0n) is 9.69. The van der Waals surface area contributed by atoms with Crippen LogP contribution in [0.15, 0.2) is 12.1 Å². The number of hydrogen-bond acceptors (Lipinski definition) is 4. The summed E-state index contributed by atoms with van der Waals surface area (Å²) in [5.74, 6) is 0.261. The van der Waals surface area contributed by atoms with Gasteiger partial charge < -0.3 is 9.84 Å². The number of hydrogen-bond donors (Lipinski definition) is 1. The lowest BCUT2D eigenvalue weighted by molar-refractivity contribution is 0.0321. The molecule has 1 aromatic heterocycles. The summed E-state index contributed by atoms with van der Waals surface area (Å²) < 4.78 is 5.32. The molecule has 16 heavy (non-hydrogen) atoms. The van der Waals surface area contributed by atoms with Gasteiger partial charge in [0.1, 0.15) is 0 Å².